The van der Waals surface area contributed by atoms with Crippen molar-refractivity contribution >= 4 is 0 Å². The van der Waals surface area contributed by atoms with Gasteiger partial charge in [0.25, 0.3) is 0 Å². The van der Waals surface area contributed by atoms with Crippen LogP contribution in [0.4, 0.5) is 0 Å². The Balaban J connectivity index is 2.13. The van der Waals surface area contributed by atoms with Crippen molar-refractivity contribution < 1.29 is 4.74 Å². The van der Waals surface area contributed by atoms with Crippen molar-refractivity contribution in [2.45, 2.75) is 46.8 Å². The highest BCUT2D eigenvalue weighted by Gasteiger charge is 2.13. The molecule has 0 aliphatic carbocycles. The minimum atomic E-state index is 0.0978. The molecule has 0 amide bonds. The quantitative estimate of drug-likeness (QED) is 0.820. The average Bonchev–Trinajstić information content (AvgIpc) is 2.46. The van der Waals surface area contributed by atoms with Crippen LogP contribution >= 0.6 is 0 Å². The van der Waals surface area contributed by atoms with Gasteiger partial charge in [0.05, 0.1) is 0 Å². The zero-order valence-corrected chi connectivity index (χ0v) is 14.1. The third-order valence-electron chi connectivity index (χ3n) is 3.86. The van der Waals surface area contributed by atoms with Crippen LogP contribution in [0.2, 0.25) is 0 Å². The van der Waals surface area contributed by atoms with Crippen molar-refractivity contribution in [3.8, 4) is 5.75 Å². The molecule has 22 heavy (non-hydrogen) atoms. The van der Waals surface area contributed by atoms with Gasteiger partial charge >= 0.3 is 0 Å². The molecule has 0 saturated carbocycles. The summed E-state index contributed by atoms with van der Waals surface area (Å²) in [4.78, 5) is 0. The van der Waals surface area contributed by atoms with E-state index in [2.05, 4.69) is 52.0 Å². The molecule has 0 fully saturated rings. The molecule has 0 aliphatic rings. The lowest BCUT2D eigenvalue weighted by molar-refractivity contribution is 0.301. The normalized spacial score (nSPS) is 12.5. The van der Waals surface area contributed by atoms with Gasteiger partial charge in [-0.25, -0.2) is 0 Å². The smallest absolute Gasteiger partial charge is 0.125 e. The second-order valence-corrected chi connectivity index (χ2v) is 6.49. The fourth-order valence-corrected chi connectivity index (χ4v) is 2.80. The summed E-state index contributed by atoms with van der Waals surface area (Å²) >= 11 is 0. The summed E-state index contributed by atoms with van der Waals surface area (Å²) in [6.45, 7) is 9.20. The van der Waals surface area contributed by atoms with Gasteiger partial charge in [-0.1, -0.05) is 56.3 Å². The summed E-state index contributed by atoms with van der Waals surface area (Å²) in [6.07, 6.45) is 1.00. The number of aryl methyl sites for hydroxylation is 2. The number of benzene rings is 2. The predicted octanol–water partition coefficient (Wildman–Crippen LogP) is 4.93. The topological polar surface area (TPSA) is 35.2 Å². The summed E-state index contributed by atoms with van der Waals surface area (Å²) in [5.74, 6) is 1.58. The van der Waals surface area contributed by atoms with E-state index in [1.165, 1.54) is 11.1 Å². The second kappa shape index (κ2) is 7.46. The Morgan fingerprint density at radius 1 is 1.00 bits per heavy atom. The lowest BCUT2D eigenvalue weighted by Crippen LogP contribution is -2.13. The van der Waals surface area contributed by atoms with Crippen LogP contribution in [-0.4, -0.2) is 0 Å². The third kappa shape index (κ3) is 4.35. The second-order valence-electron chi connectivity index (χ2n) is 6.49. The van der Waals surface area contributed by atoms with Crippen molar-refractivity contribution in [2.75, 3.05) is 0 Å². The van der Waals surface area contributed by atoms with Crippen molar-refractivity contribution in [3.63, 3.8) is 0 Å². The fraction of sp³-hybridized carbons (Fsp3) is 0.400. The molecule has 0 aromatic heterocycles. The van der Waals surface area contributed by atoms with Gasteiger partial charge in [-0.2, -0.15) is 0 Å². The molecule has 0 spiro atoms. The Hall–Kier alpha value is -1.80. The molecule has 2 rings (SSSR count). The molecule has 0 unspecified atom stereocenters. The van der Waals surface area contributed by atoms with E-state index < -0.39 is 0 Å². The van der Waals surface area contributed by atoms with Crippen molar-refractivity contribution in [1.29, 1.82) is 0 Å². The summed E-state index contributed by atoms with van der Waals surface area (Å²) < 4.78 is 6.03. The van der Waals surface area contributed by atoms with Gasteiger partial charge in [0, 0.05) is 6.04 Å². The first kappa shape index (κ1) is 16.6. The molecule has 0 saturated heterocycles. The predicted molar refractivity (Wildman–Crippen MR) is 93.1 cm³/mol. The number of rotatable bonds is 6. The standard InChI is InChI=1S/C20H27NO/c1-14(2)10-19(21)18-11-15(3)20(16(4)12-18)22-13-17-8-6-5-7-9-17/h5-9,11-12,14,19H,10,13,21H2,1-4H3/t19-/m1/s1. The lowest BCUT2D eigenvalue weighted by Gasteiger charge is -2.19. The van der Waals surface area contributed by atoms with Gasteiger partial charge < -0.3 is 10.5 Å². The zero-order chi connectivity index (χ0) is 16.1. The first-order chi connectivity index (χ1) is 10.5. The van der Waals surface area contributed by atoms with Crippen molar-refractivity contribution in [2.24, 2.45) is 11.7 Å². The van der Waals surface area contributed by atoms with Crippen LogP contribution in [0.3, 0.4) is 0 Å². The van der Waals surface area contributed by atoms with Gasteiger partial charge in [-0.05, 0) is 48.4 Å². The minimum Gasteiger partial charge on any atom is -0.488 e. The Morgan fingerprint density at radius 2 is 1.59 bits per heavy atom. The van der Waals surface area contributed by atoms with E-state index in [4.69, 9.17) is 10.5 Å². The number of nitrogens with two attached hydrogens (primary N) is 1. The number of hydrogen-bond acceptors (Lipinski definition) is 2. The van der Waals surface area contributed by atoms with Crippen LogP contribution in [0.25, 0.3) is 0 Å². The third-order valence-corrected chi connectivity index (χ3v) is 3.86. The van der Waals surface area contributed by atoms with E-state index in [1.54, 1.807) is 0 Å². The highest BCUT2D eigenvalue weighted by atomic mass is 16.5. The fourth-order valence-electron chi connectivity index (χ4n) is 2.80. The van der Waals surface area contributed by atoms with E-state index in [0.29, 0.717) is 12.5 Å². The first-order valence-electron chi connectivity index (χ1n) is 8.00. The molecule has 0 bridgehead atoms. The number of hydrogen-bond donors (Lipinski definition) is 1. The Morgan fingerprint density at radius 3 is 2.14 bits per heavy atom. The highest BCUT2D eigenvalue weighted by Crippen LogP contribution is 2.29. The van der Waals surface area contributed by atoms with Crippen LogP contribution in [-0.2, 0) is 6.61 Å². The van der Waals surface area contributed by atoms with Crippen LogP contribution < -0.4 is 10.5 Å². The Kier molecular flexibility index (Phi) is 5.62. The lowest BCUT2D eigenvalue weighted by atomic mass is 9.95. The molecule has 0 radical (unpaired) electrons. The van der Waals surface area contributed by atoms with E-state index in [1.807, 2.05) is 18.2 Å². The summed E-state index contributed by atoms with van der Waals surface area (Å²) in [6, 6.07) is 14.7. The monoisotopic (exact) mass is 297 g/mol. The maximum Gasteiger partial charge on any atom is 0.125 e. The van der Waals surface area contributed by atoms with Gasteiger partial charge in [0.1, 0.15) is 12.4 Å². The van der Waals surface area contributed by atoms with Gasteiger partial charge in [0.2, 0.25) is 0 Å². The maximum atomic E-state index is 6.31. The molecule has 2 aromatic carbocycles. The molecule has 2 heteroatoms. The average molecular weight is 297 g/mol. The van der Waals surface area contributed by atoms with E-state index in [9.17, 15) is 0 Å². The van der Waals surface area contributed by atoms with Gasteiger partial charge in [0.15, 0.2) is 0 Å². The molecular weight excluding hydrogens is 270 g/mol. The van der Waals surface area contributed by atoms with Crippen molar-refractivity contribution in [3.05, 3.63) is 64.7 Å². The van der Waals surface area contributed by atoms with Crippen LogP contribution in [0.1, 0.15) is 48.6 Å². The minimum absolute atomic E-state index is 0.0978. The SMILES string of the molecule is Cc1cc([C@H](N)CC(C)C)cc(C)c1OCc1ccccc1. The number of ether oxygens (including phenoxy) is 1. The molecule has 0 heterocycles. The molecule has 1 atom stereocenters. The first-order valence-corrected chi connectivity index (χ1v) is 8.00. The van der Waals surface area contributed by atoms with E-state index in [-0.39, 0.29) is 6.04 Å². The highest BCUT2D eigenvalue weighted by molar-refractivity contribution is 5.44. The van der Waals surface area contributed by atoms with E-state index >= 15 is 0 Å². The Labute approximate surface area is 134 Å². The van der Waals surface area contributed by atoms with Gasteiger partial charge in [-0.3, -0.25) is 0 Å². The summed E-state index contributed by atoms with van der Waals surface area (Å²) in [5.41, 5.74) is 11.0. The zero-order valence-electron chi connectivity index (χ0n) is 14.1. The summed E-state index contributed by atoms with van der Waals surface area (Å²) in [7, 11) is 0. The summed E-state index contributed by atoms with van der Waals surface area (Å²) in [5, 5.41) is 0. The molecule has 2 nitrogen and oxygen atoms in total. The van der Waals surface area contributed by atoms with Crippen molar-refractivity contribution in [1.82, 2.24) is 0 Å². The van der Waals surface area contributed by atoms with Gasteiger partial charge in [-0.15, -0.1) is 0 Å². The van der Waals surface area contributed by atoms with Crippen LogP contribution in [0, 0.1) is 19.8 Å². The molecule has 2 aromatic rings. The molecular formula is C20H27NO. The Bertz CT molecular complexity index is 581. The maximum absolute atomic E-state index is 6.31. The van der Waals surface area contributed by atoms with E-state index in [0.717, 1.165) is 23.3 Å². The largest absolute Gasteiger partial charge is 0.488 e. The molecule has 0 aliphatic heterocycles. The van der Waals surface area contributed by atoms with Crippen LogP contribution in [0.5, 0.6) is 5.75 Å². The molecule has 2 N–H and O–H groups in total. The molecule has 118 valence electrons. The van der Waals surface area contributed by atoms with Crippen LogP contribution in [0.15, 0.2) is 42.5 Å².